The lowest BCUT2D eigenvalue weighted by molar-refractivity contribution is -0.653. The third-order valence-corrected chi connectivity index (χ3v) is 5.05. The standard InChI is InChI=1S/C23H29N3O3.ClH.H2O/c1-3-14-24-15-13-22(27)26-20-8-6-5-7-17(20)9-10-18-11-12-19(16-21(18)26)25-23(28)29-4-2;;/h5-8,11-12,16,24H,3-4,9-10,13-15H2,1-2H3,(H,25,28);1H;1H2. The van der Waals surface area contributed by atoms with E-state index in [0.717, 1.165) is 54.9 Å². The Labute approximate surface area is 189 Å². The molecule has 1 aliphatic heterocycles. The molecule has 2 aromatic carbocycles. The van der Waals surface area contributed by atoms with Crippen LogP contribution in [0.15, 0.2) is 42.5 Å². The van der Waals surface area contributed by atoms with Gasteiger partial charge in [0.2, 0.25) is 5.91 Å². The van der Waals surface area contributed by atoms with E-state index in [9.17, 15) is 9.59 Å². The van der Waals surface area contributed by atoms with Gasteiger partial charge in [-0.1, -0.05) is 31.2 Å². The Morgan fingerprint density at radius 1 is 1.03 bits per heavy atom. The molecule has 0 atom stereocenters. The van der Waals surface area contributed by atoms with Gasteiger partial charge in [-0.3, -0.25) is 15.0 Å². The molecule has 2 aromatic rings. The van der Waals surface area contributed by atoms with Crippen LogP contribution in [-0.4, -0.2) is 37.2 Å². The van der Waals surface area contributed by atoms with E-state index in [1.165, 1.54) is 0 Å². The number of aryl methyl sites for hydroxylation is 2. The van der Waals surface area contributed by atoms with Crippen molar-refractivity contribution in [1.29, 1.82) is 0 Å². The topological polar surface area (TPSA) is 107 Å². The lowest BCUT2D eigenvalue weighted by Crippen LogP contribution is -3.00. The van der Waals surface area contributed by atoms with E-state index in [4.69, 9.17) is 4.74 Å². The summed E-state index contributed by atoms with van der Waals surface area (Å²) in [5.74, 6) is 0.0706. The average Bonchev–Trinajstić information content (AvgIpc) is 2.88. The van der Waals surface area contributed by atoms with Gasteiger partial charge in [0.25, 0.3) is 0 Å². The number of benzene rings is 2. The third-order valence-electron chi connectivity index (χ3n) is 5.05. The van der Waals surface area contributed by atoms with Crippen LogP contribution in [0.4, 0.5) is 21.9 Å². The van der Waals surface area contributed by atoms with E-state index in [-0.39, 0.29) is 23.8 Å². The number of carbonyl (C=O) groups is 2. The van der Waals surface area contributed by atoms with Crippen LogP contribution in [0, 0.1) is 0 Å². The fourth-order valence-corrected chi connectivity index (χ4v) is 3.64. The highest BCUT2D eigenvalue weighted by Gasteiger charge is 2.26. The van der Waals surface area contributed by atoms with Crippen LogP contribution in [0.5, 0.6) is 0 Å². The lowest BCUT2D eigenvalue weighted by Gasteiger charge is -2.25. The number of halogens is 1. The SMILES string of the molecule is CCC[NH2+]CCC(=O)N1c2ccccc2CCc2ccc(NC(=O)OCC)cc21.O.[Cl-]. The first-order valence-electron chi connectivity index (χ1n) is 10.4. The van der Waals surface area contributed by atoms with Gasteiger partial charge in [0, 0.05) is 5.69 Å². The average molecular weight is 450 g/mol. The first kappa shape index (κ1) is 26.4. The highest BCUT2D eigenvalue weighted by molar-refractivity contribution is 6.03. The molecular formula is C23H32ClN3O4. The Kier molecular flexibility index (Phi) is 11.0. The zero-order valence-electron chi connectivity index (χ0n) is 18.1. The van der Waals surface area contributed by atoms with Crippen LogP contribution >= 0.6 is 0 Å². The van der Waals surface area contributed by atoms with Crippen molar-refractivity contribution in [3.05, 3.63) is 53.6 Å². The van der Waals surface area contributed by atoms with Crippen LogP contribution in [0.3, 0.4) is 0 Å². The first-order valence-corrected chi connectivity index (χ1v) is 10.4. The molecule has 5 N–H and O–H groups in total. The number of hydrogen-bond acceptors (Lipinski definition) is 3. The Balaban J connectivity index is 0.00000240. The second-order valence-corrected chi connectivity index (χ2v) is 7.16. The Morgan fingerprint density at radius 3 is 2.45 bits per heavy atom. The smallest absolute Gasteiger partial charge is 0.411 e. The maximum absolute atomic E-state index is 13.3. The number of para-hydroxylation sites is 1. The molecule has 2 amide bonds. The maximum Gasteiger partial charge on any atom is 0.411 e. The number of hydrogen-bond donors (Lipinski definition) is 2. The molecule has 0 saturated heterocycles. The summed E-state index contributed by atoms with van der Waals surface area (Å²) in [6.07, 6.45) is 2.78. The molecule has 0 radical (unpaired) electrons. The number of carbonyl (C=O) groups excluding carboxylic acids is 2. The van der Waals surface area contributed by atoms with Crippen LogP contribution < -0.4 is 27.9 Å². The molecule has 1 heterocycles. The monoisotopic (exact) mass is 449 g/mol. The number of nitrogens with two attached hydrogens (primary N) is 1. The van der Waals surface area contributed by atoms with E-state index < -0.39 is 6.09 Å². The van der Waals surface area contributed by atoms with E-state index in [1.807, 2.05) is 41.3 Å². The van der Waals surface area contributed by atoms with Crippen LogP contribution in [0.1, 0.15) is 37.8 Å². The summed E-state index contributed by atoms with van der Waals surface area (Å²) in [6.45, 7) is 6.00. The van der Waals surface area contributed by atoms with Gasteiger partial charge < -0.3 is 27.9 Å². The summed E-state index contributed by atoms with van der Waals surface area (Å²) >= 11 is 0. The summed E-state index contributed by atoms with van der Waals surface area (Å²) in [7, 11) is 0. The van der Waals surface area contributed by atoms with Crippen LogP contribution in [-0.2, 0) is 22.4 Å². The molecule has 0 saturated carbocycles. The van der Waals surface area contributed by atoms with Gasteiger partial charge in [-0.2, -0.15) is 0 Å². The molecule has 7 nitrogen and oxygen atoms in total. The number of anilines is 3. The molecule has 0 bridgehead atoms. The molecule has 0 aliphatic carbocycles. The van der Waals surface area contributed by atoms with Crippen molar-refractivity contribution < 1.29 is 37.5 Å². The number of nitrogens with zero attached hydrogens (tertiary/aromatic N) is 1. The summed E-state index contributed by atoms with van der Waals surface area (Å²) in [4.78, 5) is 26.9. The first-order chi connectivity index (χ1) is 14.1. The Morgan fingerprint density at radius 2 is 1.74 bits per heavy atom. The number of rotatable bonds is 7. The largest absolute Gasteiger partial charge is 1.00 e. The molecule has 170 valence electrons. The molecule has 0 spiro atoms. The zero-order chi connectivity index (χ0) is 20.6. The zero-order valence-corrected chi connectivity index (χ0v) is 18.9. The number of fused-ring (bicyclic) bond motifs is 2. The van der Waals surface area contributed by atoms with Gasteiger partial charge in [0.15, 0.2) is 0 Å². The molecule has 0 aromatic heterocycles. The fourth-order valence-electron chi connectivity index (χ4n) is 3.64. The molecule has 3 rings (SSSR count). The van der Waals surface area contributed by atoms with Crippen molar-refractivity contribution in [2.45, 2.75) is 39.5 Å². The predicted octanol–water partition coefficient (Wildman–Crippen LogP) is -0.439. The van der Waals surface area contributed by atoms with Gasteiger partial charge in [0.05, 0.1) is 37.5 Å². The van der Waals surface area contributed by atoms with E-state index in [2.05, 4.69) is 23.6 Å². The van der Waals surface area contributed by atoms with E-state index >= 15 is 0 Å². The van der Waals surface area contributed by atoms with Crippen LogP contribution in [0.25, 0.3) is 0 Å². The fraction of sp³-hybridized carbons (Fsp3) is 0.391. The number of amides is 2. The summed E-state index contributed by atoms with van der Waals surface area (Å²) in [5, 5.41) is 4.93. The van der Waals surface area contributed by atoms with Crippen molar-refractivity contribution in [2.24, 2.45) is 0 Å². The number of nitrogens with one attached hydrogen (secondary N) is 1. The van der Waals surface area contributed by atoms with Gasteiger partial charge in [-0.15, -0.1) is 0 Å². The summed E-state index contributed by atoms with van der Waals surface area (Å²) in [5.41, 5.74) is 4.65. The molecule has 31 heavy (non-hydrogen) atoms. The second kappa shape index (κ2) is 12.9. The third kappa shape index (κ3) is 6.69. The normalized spacial score (nSPS) is 11.7. The molecule has 0 unspecified atom stereocenters. The maximum atomic E-state index is 13.3. The molecular weight excluding hydrogens is 418 g/mol. The van der Waals surface area contributed by atoms with Crippen molar-refractivity contribution in [2.75, 3.05) is 29.9 Å². The van der Waals surface area contributed by atoms with Gasteiger partial charge >= 0.3 is 6.09 Å². The second-order valence-electron chi connectivity index (χ2n) is 7.16. The van der Waals surface area contributed by atoms with Crippen molar-refractivity contribution in [3.63, 3.8) is 0 Å². The highest BCUT2D eigenvalue weighted by atomic mass is 35.5. The molecule has 0 fully saturated rings. The highest BCUT2D eigenvalue weighted by Crippen LogP contribution is 2.38. The minimum atomic E-state index is -0.492. The Hall–Kier alpha value is -2.61. The van der Waals surface area contributed by atoms with Gasteiger partial charge in [-0.05, 0) is 55.5 Å². The molecule has 8 heteroatoms. The van der Waals surface area contributed by atoms with E-state index in [0.29, 0.717) is 18.7 Å². The van der Waals surface area contributed by atoms with Gasteiger partial charge in [0.1, 0.15) is 0 Å². The van der Waals surface area contributed by atoms with Crippen LogP contribution in [0.2, 0.25) is 0 Å². The van der Waals surface area contributed by atoms with E-state index in [1.54, 1.807) is 6.92 Å². The number of quaternary nitrogens is 1. The molecule has 1 aliphatic rings. The quantitative estimate of drug-likeness (QED) is 0.559. The summed E-state index contributed by atoms with van der Waals surface area (Å²) < 4.78 is 4.99. The predicted molar refractivity (Wildman–Crippen MR) is 118 cm³/mol. The number of ether oxygens (including phenoxy) is 1. The Bertz CT molecular complexity index is 876. The van der Waals surface area contributed by atoms with Crippen molar-refractivity contribution in [1.82, 2.24) is 0 Å². The minimum Gasteiger partial charge on any atom is -1.00 e. The van der Waals surface area contributed by atoms with Crippen molar-refractivity contribution in [3.8, 4) is 0 Å². The van der Waals surface area contributed by atoms with Gasteiger partial charge in [-0.25, -0.2) is 4.79 Å². The van der Waals surface area contributed by atoms with Crippen molar-refractivity contribution >= 4 is 29.1 Å². The summed E-state index contributed by atoms with van der Waals surface area (Å²) in [6, 6.07) is 13.8. The minimum absolute atomic E-state index is 0. The lowest BCUT2D eigenvalue weighted by atomic mass is 10.0.